The molecule has 0 aliphatic carbocycles. The molecule has 1 aromatic heterocycles. The summed E-state index contributed by atoms with van der Waals surface area (Å²) in [5.41, 5.74) is 5.58. The lowest BCUT2D eigenvalue weighted by Crippen LogP contribution is -2.05. The van der Waals surface area contributed by atoms with Crippen molar-refractivity contribution < 1.29 is 18.3 Å². The first-order chi connectivity index (χ1) is 15.1. The molecule has 4 aromatic rings. The number of halogens is 2. The van der Waals surface area contributed by atoms with Gasteiger partial charge in [-0.25, -0.2) is 8.78 Å². The molecular formula is C25H18F2N2O2. The molecule has 0 saturated heterocycles. The Balaban J connectivity index is 1.90. The van der Waals surface area contributed by atoms with Crippen LogP contribution in [0, 0.1) is 11.6 Å². The van der Waals surface area contributed by atoms with E-state index < -0.39 is 0 Å². The summed E-state index contributed by atoms with van der Waals surface area (Å²) in [4.78, 5) is 4.68. The smallest absolute Gasteiger partial charge is 0.187 e. The Labute approximate surface area is 177 Å². The Kier molecular flexibility index (Phi) is 4.55. The van der Waals surface area contributed by atoms with E-state index in [4.69, 9.17) is 9.47 Å². The first kappa shape index (κ1) is 19.1. The van der Waals surface area contributed by atoms with Crippen molar-refractivity contribution in [1.82, 2.24) is 4.98 Å². The van der Waals surface area contributed by atoms with Crippen molar-refractivity contribution in [3.63, 3.8) is 0 Å². The number of rotatable bonds is 4. The van der Waals surface area contributed by atoms with E-state index in [1.54, 1.807) is 44.7 Å². The summed E-state index contributed by atoms with van der Waals surface area (Å²) in [6.45, 7) is 0. The van der Waals surface area contributed by atoms with Crippen LogP contribution in [0.4, 0.5) is 14.5 Å². The normalized spacial score (nSPS) is 12.0. The lowest BCUT2D eigenvalue weighted by Gasteiger charge is -2.24. The number of benzene rings is 3. The summed E-state index contributed by atoms with van der Waals surface area (Å²) < 4.78 is 38.5. The zero-order valence-corrected chi connectivity index (χ0v) is 16.9. The molecule has 1 aliphatic rings. The molecule has 1 aliphatic heterocycles. The summed E-state index contributed by atoms with van der Waals surface area (Å²) in [6, 6.07) is 12.5. The first-order valence-electron chi connectivity index (χ1n) is 9.68. The number of nitrogens with one attached hydrogen (secondary N) is 1. The molecule has 0 atom stereocenters. The third-order valence-electron chi connectivity index (χ3n) is 5.44. The molecule has 0 spiro atoms. The number of nitrogens with zero attached hydrogens (tertiary/aromatic N) is 1. The summed E-state index contributed by atoms with van der Waals surface area (Å²) in [7, 11) is 3.14. The monoisotopic (exact) mass is 416 g/mol. The Morgan fingerprint density at radius 3 is 2.03 bits per heavy atom. The van der Waals surface area contributed by atoms with Crippen LogP contribution in [-0.4, -0.2) is 19.2 Å². The van der Waals surface area contributed by atoms with Crippen LogP contribution in [0.15, 0.2) is 60.9 Å². The SMILES string of the molecule is COc1c(-c2ccc(F)cc2)c2c3c(c(-c4ccc(F)cc4)cnc3c1OC)NC=C2. The second-order valence-electron chi connectivity index (χ2n) is 7.12. The quantitative estimate of drug-likeness (QED) is 0.426. The largest absolute Gasteiger partial charge is 0.492 e. The van der Waals surface area contributed by atoms with E-state index in [0.717, 1.165) is 38.9 Å². The fraction of sp³-hybridized carbons (Fsp3) is 0.0800. The van der Waals surface area contributed by atoms with Crippen LogP contribution in [-0.2, 0) is 0 Å². The standard InChI is InChI=1S/C25H18F2N2O2/c1-30-24-20(15-5-9-17(27)10-6-15)18-11-12-28-22-19(14-3-7-16(26)8-4-14)13-29-23(21(18)22)25(24)31-2/h3-13,28H,1-2H3. The summed E-state index contributed by atoms with van der Waals surface area (Å²) >= 11 is 0. The topological polar surface area (TPSA) is 43.4 Å². The third-order valence-corrected chi connectivity index (χ3v) is 5.44. The van der Waals surface area contributed by atoms with Gasteiger partial charge in [0.15, 0.2) is 11.5 Å². The molecule has 5 rings (SSSR count). The second kappa shape index (κ2) is 7.40. The predicted octanol–water partition coefficient (Wildman–Crippen LogP) is 6.26. The number of aromatic nitrogens is 1. The van der Waals surface area contributed by atoms with E-state index in [-0.39, 0.29) is 11.6 Å². The molecular weight excluding hydrogens is 398 g/mol. The van der Waals surface area contributed by atoms with Gasteiger partial charge in [-0.15, -0.1) is 0 Å². The number of methoxy groups -OCH3 is 2. The van der Waals surface area contributed by atoms with Crippen LogP contribution in [0.5, 0.6) is 11.5 Å². The average molecular weight is 416 g/mol. The van der Waals surface area contributed by atoms with E-state index >= 15 is 0 Å². The van der Waals surface area contributed by atoms with Gasteiger partial charge in [-0.1, -0.05) is 24.3 Å². The summed E-state index contributed by atoms with van der Waals surface area (Å²) in [6.07, 6.45) is 5.51. The van der Waals surface area contributed by atoms with Crippen LogP contribution in [0.1, 0.15) is 5.56 Å². The number of hydrogen-bond acceptors (Lipinski definition) is 4. The zero-order chi connectivity index (χ0) is 21.5. The van der Waals surface area contributed by atoms with Gasteiger partial charge in [0.05, 0.1) is 19.9 Å². The summed E-state index contributed by atoms with van der Waals surface area (Å²) in [5, 5.41) is 4.16. The highest BCUT2D eigenvalue weighted by Crippen LogP contribution is 2.51. The van der Waals surface area contributed by atoms with Gasteiger partial charge in [0.25, 0.3) is 0 Å². The molecule has 6 heteroatoms. The van der Waals surface area contributed by atoms with Crippen molar-refractivity contribution >= 4 is 22.7 Å². The maximum atomic E-state index is 13.6. The molecule has 3 aromatic carbocycles. The average Bonchev–Trinajstić information content (AvgIpc) is 2.80. The maximum absolute atomic E-state index is 13.6. The number of ether oxygens (including phenoxy) is 2. The van der Waals surface area contributed by atoms with E-state index in [1.807, 2.05) is 12.3 Å². The molecule has 0 bridgehead atoms. The van der Waals surface area contributed by atoms with Crippen molar-refractivity contribution in [2.45, 2.75) is 0 Å². The number of hydrogen-bond donors (Lipinski definition) is 1. The predicted molar refractivity (Wildman–Crippen MR) is 118 cm³/mol. The summed E-state index contributed by atoms with van der Waals surface area (Å²) in [5.74, 6) is 0.396. The lowest BCUT2D eigenvalue weighted by atomic mass is 9.90. The van der Waals surface area contributed by atoms with Gasteiger partial charge in [0.2, 0.25) is 0 Å². The van der Waals surface area contributed by atoms with E-state index in [0.29, 0.717) is 17.0 Å². The Morgan fingerprint density at radius 1 is 0.806 bits per heavy atom. The molecule has 31 heavy (non-hydrogen) atoms. The van der Waals surface area contributed by atoms with Crippen LogP contribution in [0.25, 0.3) is 39.2 Å². The molecule has 0 fully saturated rings. The fourth-order valence-corrected chi connectivity index (χ4v) is 4.07. The molecule has 1 N–H and O–H groups in total. The van der Waals surface area contributed by atoms with E-state index in [9.17, 15) is 8.78 Å². The Hall–Kier alpha value is -3.93. The minimum absolute atomic E-state index is 0.301. The van der Waals surface area contributed by atoms with Crippen molar-refractivity contribution in [2.24, 2.45) is 0 Å². The van der Waals surface area contributed by atoms with Gasteiger partial charge in [0.1, 0.15) is 17.2 Å². The van der Waals surface area contributed by atoms with Crippen LogP contribution in [0.2, 0.25) is 0 Å². The first-order valence-corrected chi connectivity index (χ1v) is 9.68. The highest BCUT2D eigenvalue weighted by Gasteiger charge is 2.26. The van der Waals surface area contributed by atoms with E-state index in [2.05, 4.69) is 10.3 Å². The highest BCUT2D eigenvalue weighted by molar-refractivity contribution is 6.13. The number of pyridine rings is 1. The Bertz CT molecular complexity index is 1330. The van der Waals surface area contributed by atoms with Crippen molar-refractivity contribution in [2.75, 3.05) is 19.5 Å². The van der Waals surface area contributed by atoms with Gasteiger partial charge >= 0.3 is 0 Å². The fourth-order valence-electron chi connectivity index (χ4n) is 4.07. The van der Waals surface area contributed by atoms with Crippen molar-refractivity contribution in [3.05, 3.63) is 78.1 Å². The van der Waals surface area contributed by atoms with Gasteiger partial charge in [-0.3, -0.25) is 4.98 Å². The van der Waals surface area contributed by atoms with Crippen molar-refractivity contribution in [3.8, 4) is 33.8 Å². The van der Waals surface area contributed by atoms with Gasteiger partial charge in [0, 0.05) is 28.9 Å². The van der Waals surface area contributed by atoms with Gasteiger partial charge in [-0.05, 0) is 47.0 Å². The lowest BCUT2D eigenvalue weighted by molar-refractivity contribution is 0.359. The molecule has 154 valence electrons. The van der Waals surface area contributed by atoms with Gasteiger partial charge < -0.3 is 14.8 Å². The highest BCUT2D eigenvalue weighted by atomic mass is 19.1. The third kappa shape index (κ3) is 2.99. The molecule has 4 nitrogen and oxygen atoms in total. The van der Waals surface area contributed by atoms with Crippen molar-refractivity contribution in [1.29, 1.82) is 0 Å². The second-order valence-corrected chi connectivity index (χ2v) is 7.12. The minimum Gasteiger partial charge on any atom is -0.492 e. The Morgan fingerprint density at radius 2 is 1.42 bits per heavy atom. The minimum atomic E-state index is -0.317. The molecule has 0 radical (unpaired) electrons. The molecule has 0 unspecified atom stereocenters. The van der Waals surface area contributed by atoms with Crippen LogP contribution >= 0.6 is 0 Å². The molecule has 0 saturated carbocycles. The maximum Gasteiger partial charge on any atom is 0.187 e. The van der Waals surface area contributed by atoms with E-state index in [1.165, 1.54) is 24.3 Å². The van der Waals surface area contributed by atoms with Crippen LogP contribution < -0.4 is 14.8 Å². The number of anilines is 1. The van der Waals surface area contributed by atoms with Crippen LogP contribution in [0.3, 0.4) is 0 Å². The molecule has 0 amide bonds. The zero-order valence-electron chi connectivity index (χ0n) is 16.9. The van der Waals surface area contributed by atoms with Gasteiger partial charge in [-0.2, -0.15) is 0 Å². The molecule has 2 heterocycles.